The molecular weight excluding hydrogens is 372 g/mol. The maximum absolute atomic E-state index is 10.5. The summed E-state index contributed by atoms with van der Waals surface area (Å²) in [6.07, 6.45) is -0.570. The van der Waals surface area contributed by atoms with E-state index in [2.05, 4.69) is 0 Å². The SMILES string of the molecule is CCc1cccc(C(=O)O)c1O.CCc1cccc(C(=O)O)c1O.O=C(O)O. The molecule has 0 fully saturated rings. The van der Waals surface area contributed by atoms with Crippen LogP contribution < -0.4 is 0 Å². The number of carbonyl (C=O) groups is 3. The van der Waals surface area contributed by atoms with E-state index in [-0.39, 0.29) is 22.6 Å². The molecule has 2 aromatic rings. The number of rotatable bonds is 4. The van der Waals surface area contributed by atoms with E-state index in [1.54, 1.807) is 24.3 Å². The first-order valence-electron chi connectivity index (χ1n) is 8.06. The summed E-state index contributed by atoms with van der Waals surface area (Å²) in [7, 11) is 0. The van der Waals surface area contributed by atoms with E-state index in [1.165, 1.54) is 12.1 Å². The monoisotopic (exact) mass is 394 g/mol. The quantitative estimate of drug-likeness (QED) is 0.453. The first kappa shape index (κ1) is 24.2. The third-order valence-corrected chi connectivity index (χ3v) is 3.46. The van der Waals surface area contributed by atoms with E-state index in [0.717, 1.165) is 0 Å². The van der Waals surface area contributed by atoms with Crippen molar-refractivity contribution in [2.75, 3.05) is 0 Å². The summed E-state index contributed by atoms with van der Waals surface area (Å²) < 4.78 is 0. The largest absolute Gasteiger partial charge is 0.507 e. The Morgan fingerprint density at radius 1 is 0.679 bits per heavy atom. The maximum Gasteiger partial charge on any atom is 0.503 e. The van der Waals surface area contributed by atoms with E-state index < -0.39 is 18.1 Å². The van der Waals surface area contributed by atoms with Crippen LogP contribution in [0.1, 0.15) is 45.7 Å². The topological polar surface area (TPSA) is 173 Å². The van der Waals surface area contributed by atoms with Gasteiger partial charge in [0.1, 0.15) is 22.6 Å². The van der Waals surface area contributed by atoms with Gasteiger partial charge in [-0.15, -0.1) is 0 Å². The molecule has 2 rings (SSSR count). The first-order valence-corrected chi connectivity index (χ1v) is 8.06. The van der Waals surface area contributed by atoms with Gasteiger partial charge in [0, 0.05) is 0 Å². The molecule has 0 radical (unpaired) electrons. The summed E-state index contributed by atoms with van der Waals surface area (Å²) in [4.78, 5) is 29.6. The predicted octanol–water partition coefficient (Wildman–Crippen LogP) is 3.53. The maximum atomic E-state index is 10.5. The lowest BCUT2D eigenvalue weighted by molar-refractivity contribution is 0.0682. The lowest BCUT2D eigenvalue weighted by Crippen LogP contribution is -1.98. The lowest BCUT2D eigenvalue weighted by Gasteiger charge is -2.03. The molecule has 0 unspecified atom stereocenters. The van der Waals surface area contributed by atoms with Gasteiger partial charge >= 0.3 is 18.1 Å². The lowest BCUT2D eigenvalue weighted by atomic mass is 10.1. The van der Waals surface area contributed by atoms with Crippen LogP contribution >= 0.6 is 0 Å². The zero-order valence-electron chi connectivity index (χ0n) is 15.3. The normalized spacial score (nSPS) is 9.21. The van der Waals surface area contributed by atoms with Crippen molar-refractivity contribution in [3.05, 3.63) is 58.7 Å². The van der Waals surface area contributed by atoms with Crippen LogP contribution in [0, 0.1) is 0 Å². The zero-order valence-corrected chi connectivity index (χ0v) is 15.3. The van der Waals surface area contributed by atoms with E-state index in [9.17, 15) is 19.8 Å². The average Bonchev–Trinajstić information content (AvgIpc) is 2.61. The van der Waals surface area contributed by atoms with Gasteiger partial charge in [-0.05, 0) is 36.1 Å². The van der Waals surface area contributed by atoms with Crippen LogP contribution in [0.2, 0.25) is 0 Å². The van der Waals surface area contributed by atoms with Crippen molar-refractivity contribution in [1.82, 2.24) is 0 Å². The van der Waals surface area contributed by atoms with Crippen molar-refractivity contribution < 1.29 is 45.0 Å². The summed E-state index contributed by atoms with van der Waals surface area (Å²) >= 11 is 0. The predicted molar refractivity (Wildman–Crippen MR) is 99.5 cm³/mol. The number of aromatic hydroxyl groups is 2. The van der Waals surface area contributed by atoms with E-state index >= 15 is 0 Å². The van der Waals surface area contributed by atoms with Crippen molar-refractivity contribution >= 4 is 18.1 Å². The Labute approximate surface area is 160 Å². The molecule has 6 N–H and O–H groups in total. The van der Waals surface area contributed by atoms with Crippen molar-refractivity contribution in [1.29, 1.82) is 0 Å². The smallest absolute Gasteiger partial charge is 0.503 e. The molecule has 0 spiro atoms. The molecule has 0 aliphatic carbocycles. The Hall–Kier alpha value is -3.75. The molecule has 0 saturated heterocycles. The molecule has 2 aromatic carbocycles. The van der Waals surface area contributed by atoms with Crippen molar-refractivity contribution in [3.8, 4) is 11.5 Å². The Morgan fingerprint density at radius 3 is 1.18 bits per heavy atom. The minimum absolute atomic E-state index is 0.0330. The van der Waals surface area contributed by atoms with Gasteiger partial charge in [-0.25, -0.2) is 14.4 Å². The van der Waals surface area contributed by atoms with Gasteiger partial charge in [-0.3, -0.25) is 0 Å². The second kappa shape index (κ2) is 11.8. The highest BCUT2D eigenvalue weighted by Gasteiger charge is 2.11. The van der Waals surface area contributed by atoms with Crippen molar-refractivity contribution in [2.24, 2.45) is 0 Å². The fourth-order valence-corrected chi connectivity index (χ4v) is 2.10. The van der Waals surface area contributed by atoms with Crippen LogP contribution in [-0.4, -0.2) is 48.7 Å². The third-order valence-electron chi connectivity index (χ3n) is 3.46. The molecule has 0 bridgehead atoms. The van der Waals surface area contributed by atoms with Gasteiger partial charge in [0.15, 0.2) is 0 Å². The highest BCUT2D eigenvalue weighted by Crippen LogP contribution is 2.23. The summed E-state index contributed by atoms with van der Waals surface area (Å²) in [6, 6.07) is 9.45. The molecule has 0 heterocycles. The molecule has 0 atom stereocenters. The molecule has 28 heavy (non-hydrogen) atoms. The minimum Gasteiger partial charge on any atom is -0.507 e. The molecular formula is C19H22O9. The number of benzene rings is 2. The fourth-order valence-electron chi connectivity index (χ4n) is 2.10. The summed E-state index contributed by atoms with van der Waals surface area (Å²) in [5.74, 6) is -2.43. The highest BCUT2D eigenvalue weighted by molar-refractivity contribution is 5.91. The number of hydrogen-bond acceptors (Lipinski definition) is 5. The van der Waals surface area contributed by atoms with Crippen molar-refractivity contribution in [3.63, 3.8) is 0 Å². The summed E-state index contributed by atoms with van der Waals surface area (Å²) in [5.41, 5.74) is 1.26. The molecule has 9 nitrogen and oxygen atoms in total. The molecule has 0 saturated carbocycles. The van der Waals surface area contributed by atoms with Crippen LogP contribution in [0.15, 0.2) is 36.4 Å². The average molecular weight is 394 g/mol. The van der Waals surface area contributed by atoms with E-state index in [1.807, 2.05) is 13.8 Å². The number of carboxylic acids is 2. The fraction of sp³-hybridized carbons (Fsp3) is 0.211. The van der Waals surface area contributed by atoms with Crippen LogP contribution in [0.25, 0.3) is 0 Å². The van der Waals surface area contributed by atoms with Crippen LogP contribution in [0.3, 0.4) is 0 Å². The number of aromatic carboxylic acids is 2. The Kier molecular flexibility index (Phi) is 10.2. The number of hydrogen-bond donors (Lipinski definition) is 6. The van der Waals surface area contributed by atoms with Gasteiger partial charge in [-0.2, -0.15) is 0 Å². The Morgan fingerprint density at radius 2 is 0.964 bits per heavy atom. The van der Waals surface area contributed by atoms with Gasteiger partial charge in [0.05, 0.1) is 0 Å². The van der Waals surface area contributed by atoms with E-state index in [4.69, 9.17) is 25.2 Å². The third kappa shape index (κ3) is 7.65. The molecule has 152 valence electrons. The number of aryl methyl sites for hydroxylation is 2. The van der Waals surface area contributed by atoms with Gasteiger partial charge in [0.2, 0.25) is 0 Å². The van der Waals surface area contributed by atoms with Gasteiger partial charge < -0.3 is 30.6 Å². The standard InChI is InChI=1S/2C9H10O3.CH2O3/c2*1-2-6-4-3-5-7(8(6)10)9(11)12;2-1(3)4/h2*3-5,10H,2H2,1H3,(H,11,12);(H2,2,3,4). The highest BCUT2D eigenvalue weighted by atomic mass is 16.6. The zero-order chi connectivity index (χ0) is 21.9. The molecule has 0 aliphatic heterocycles. The Bertz CT molecular complexity index is 761. The Balaban J connectivity index is 0.000000439. The first-order chi connectivity index (χ1) is 13.1. The molecule has 0 aromatic heterocycles. The van der Waals surface area contributed by atoms with Gasteiger partial charge in [-0.1, -0.05) is 38.1 Å². The second-order valence-electron chi connectivity index (χ2n) is 5.23. The second-order valence-corrected chi connectivity index (χ2v) is 5.23. The van der Waals surface area contributed by atoms with Crippen molar-refractivity contribution in [2.45, 2.75) is 26.7 Å². The van der Waals surface area contributed by atoms with Crippen LogP contribution in [0.5, 0.6) is 11.5 Å². The van der Waals surface area contributed by atoms with Crippen LogP contribution in [-0.2, 0) is 12.8 Å². The number of phenols is 2. The molecule has 0 aliphatic rings. The number of carboxylic acid groups (broad SMARTS) is 4. The minimum atomic E-state index is -1.83. The van der Waals surface area contributed by atoms with E-state index in [0.29, 0.717) is 24.0 Å². The molecule has 0 amide bonds. The molecule has 9 heteroatoms. The van der Waals surface area contributed by atoms with Crippen LogP contribution in [0.4, 0.5) is 4.79 Å². The summed E-state index contributed by atoms with van der Waals surface area (Å²) in [6.45, 7) is 3.72. The van der Waals surface area contributed by atoms with Gasteiger partial charge in [0.25, 0.3) is 0 Å². The number of para-hydroxylation sites is 2. The summed E-state index contributed by atoms with van der Waals surface area (Å²) in [5, 5.41) is 50.0.